The lowest BCUT2D eigenvalue weighted by atomic mass is 10.0. The SMILES string of the molecule is CC(=O)CC1N(C(=O)OCc2ccccc2)CCC12OCCO2. The lowest BCUT2D eigenvalue weighted by molar-refractivity contribution is -0.174. The second-order valence-electron chi connectivity index (χ2n) is 5.91. The van der Waals surface area contributed by atoms with E-state index < -0.39 is 17.9 Å². The number of likely N-dealkylation sites (tertiary alicyclic amines) is 1. The molecule has 0 radical (unpaired) electrons. The van der Waals surface area contributed by atoms with Crippen LogP contribution >= 0.6 is 0 Å². The first-order chi connectivity index (χ1) is 11.1. The third-order valence-corrected chi connectivity index (χ3v) is 4.28. The van der Waals surface area contributed by atoms with Crippen LogP contribution in [0.25, 0.3) is 0 Å². The normalized spacial score (nSPS) is 22.5. The smallest absolute Gasteiger partial charge is 0.410 e. The molecule has 0 aromatic heterocycles. The second kappa shape index (κ2) is 6.68. The van der Waals surface area contributed by atoms with E-state index in [0.29, 0.717) is 26.2 Å². The van der Waals surface area contributed by atoms with Gasteiger partial charge in [-0.15, -0.1) is 0 Å². The van der Waals surface area contributed by atoms with Crippen molar-refractivity contribution in [2.75, 3.05) is 19.8 Å². The Bertz CT molecular complexity index is 568. The molecule has 0 N–H and O–H groups in total. The average Bonchev–Trinajstić information content (AvgIpc) is 3.15. The number of carbonyl (C=O) groups is 2. The Hall–Kier alpha value is -1.92. The van der Waals surface area contributed by atoms with Gasteiger partial charge in [-0.3, -0.25) is 9.69 Å². The molecule has 3 rings (SSSR count). The summed E-state index contributed by atoms with van der Waals surface area (Å²) in [7, 11) is 0. The fourth-order valence-electron chi connectivity index (χ4n) is 3.20. The molecule has 2 fully saturated rings. The lowest BCUT2D eigenvalue weighted by Crippen LogP contribution is -2.48. The first-order valence-corrected chi connectivity index (χ1v) is 7.85. The van der Waals surface area contributed by atoms with Crippen molar-refractivity contribution in [1.82, 2.24) is 4.90 Å². The molecule has 1 spiro atoms. The molecule has 0 saturated carbocycles. The maximum Gasteiger partial charge on any atom is 0.410 e. The molecule has 1 aromatic carbocycles. The first-order valence-electron chi connectivity index (χ1n) is 7.85. The van der Waals surface area contributed by atoms with Crippen molar-refractivity contribution in [3.63, 3.8) is 0 Å². The van der Waals surface area contributed by atoms with Crippen LogP contribution in [-0.2, 0) is 25.6 Å². The Morgan fingerprint density at radius 1 is 1.26 bits per heavy atom. The average molecular weight is 319 g/mol. The number of amides is 1. The van der Waals surface area contributed by atoms with E-state index in [-0.39, 0.29) is 18.8 Å². The van der Waals surface area contributed by atoms with Crippen LogP contribution in [-0.4, -0.2) is 48.4 Å². The topological polar surface area (TPSA) is 65.1 Å². The largest absolute Gasteiger partial charge is 0.445 e. The second-order valence-corrected chi connectivity index (χ2v) is 5.91. The highest BCUT2D eigenvalue weighted by Gasteiger charge is 2.54. The van der Waals surface area contributed by atoms with Gasteiger partial charge in [0.1, 0.15) is 12.4 Å². The van der Waals surface area contributed by atoms with Crippen molar-refractivity contribution in [3.8, 4) is 0 Å². The molecule has 1 amide bonds. The molecule has 2 saturated heterocycles. The van der Waals surface area contributed by atoms with Gasteiger partial charge in [-0.25, -0.2) is 4.79 Å². The number of Topliss-reactive ketones (excluding diaryl/α,β-unsaturated/α-hetero) is 1. The van der Waals surface area contributed by atoms with Gasteiger partial charge in [0.15, 0.2) is 5.79 Å². The zero-order chi connectivity index (χ0) is 16.3. The number of benzene rings is 1. The van der Waals surface area contributed by atoms with E-state index in [9.17, 15) is 9.59 Å². The number of ketones is 1. The fourth-order valence-corrected chi connectivity index (χ4v) is 3.20. The number of hydrogen-bond acceptors (Lipinski definition) is 5. The quantitative estimate of drug-likeness (QED) is 0.850. The van der Waals surface area contributed by atoms with Gasteiger partial charge >= 0.3 is 6.09 Å². The van der Waals surface area contributed by atoms with Crippen LogP contribution in [0.15, 0.2) is 30.3 Å². The minimum absolute atomic E-state index is 0.00349. The number of nitrogens with zero attached hydrogens (tertiary/aromatic N) is 1. The van der Waals surface area contributed by atoms with Crippen LogP contribution < -0.4 is 0 Å². The van der Waals surface area contributed by atoms with Crippen LogP contribution in [0.1, 0.15) is 25.3 Å². The molecule has 1 unspecified atom stereocenters. The summed E-state index contributed by atoms with van der Waals surface area (Å²) in [6.07, 6.45) is 0.335. The maximum atomic E-state index is 12.4. The molecule has 2 aliphatic rings. The van der Waals surface area contributed by atoms with Crippen molar-refractivity contribution < 1.29 is 23.8 Å². The number of carbonyl (C=O) groups excluding carboxylic acids is 2. The van der Waals surface area contributed by atoms with E-state index in [2.05, 4.69) is 0 Å². The van der Waals surface area contributed by atoms with E-state index in [0.717, 1.165) is 5.56 Å². The van der Waals surface area contributed by atoms with E-state index >= 15 is 0 Å². The van der Waals surface area contributed by atoms with E-state index in [1.807, 2.05) is 30.3 Å². The molecule has 1 atom stereocenters. The number of hydrogen-bond donors (Lipinski definition) is 0. The summed E-state index contributed by atoms with van der Waals surface area (Å²) in [5, 5.41) is 0. The zero-order valence-electron chi connectivity index (χ0n) is 13.2. The lowest BCUT2D eigenvalue weighted by Gasteiger charge is -2.32. The standard InChI is InChI=1S/C17H21NO5/c1-13(19)11-15-17(22-9-10-23-17)7-8-18(15)16(20)21-12-14-5-3-2-4-6-14/h2-6,15H,7-12H2,1H3. The predicted molar refractivity (Wildman–Crippen MR) is 81.7 cm³/mol. The highest BCUT2D eigenvalue weighted by molar-refractivity contribution is 5.78. The molecule has 1 aromatic rings. The van der Waals surface area contributed by atoms with Gasteiger partial charge in [0.2, 0.25) is 0 Å². The Labute approximate surface area is 135 Å². The van der Waals surface area contributed by atoms with Gasteiger partial charge in [0.05, 0.1) is 19.3 Å². The third-order valence-electron chi connectivity index (χ3n) is 4.28. The van der Waals surface area contributed by atoms with Gasteiger partial charge in [0.25, 0.3) is 0 Å². The van der Waals surface area contributed by atoms with Crippen LogP contribution in [0.2, 0.25) is 0 Å². The minimum Gasteiger partial charge on any atom is -0.445 e. The van der Waals surface area contributed by atoms with E-state index in [1.54, 1.807) is 4.90 Å². The monoisotopic (exact) mass is 319 g/mol. The van der Waals surface area contributed by atoms with Gasteiger partial charge in [-0.2, -0.15) is 0 Å². The number of rotatable bonds is 4. The van der Waals surface area contributed by atoms with E-state index in [1.165, 1.54) is 6.92 Å². The molecule has 2 aliphatic heterocycles. The molecule has 6 nitrogen and oxygen atoms in total. The fraction of sp³-hybridized carbons (Fsp3) is 0.529. The maximum absolute atomic E-state index is 12.4. The Morgan fingerprint density at radius 3 is 2.61 bits per heavy atom. The molecule has 2 heterocycles. The third kappa shape index (κ3) is 3.38. The highest BCUT2D eigenvalue weighted by Crippen LogP contribution is 2.38. The summed E-state index contributed by atoms with van der Waals surface area (Å²) < 4.78 is 16.9. The summed E-state index contributed by atoms with van der Waals surface area (Å²) in [5.74, 6) is -0.853. The zero-order valence-corrected chi connectivity index (χ0v) is 13.2. The highest BCUT2D eigenvalue weighted by atomic mass is 16.7. The van der Waals surface area contributed by atoms with Gasteiger partial charge < -0.3 is 14.2 Å². The van der Waals surface area contributed by atoms with Crippen molar-refractivity contribution in [2.24, 2.45) is 0 Å². The molecule has 0 aliphatic carbocycles. The van der Waals surface area contributed by atoms with Crippen molar-refractivity contribution >= 4 is 11.9 Å². The molecule has 23 heavy (non-hydrogen) atoms. The summed E-state index contributed by atoms with van der Waals surface area (Å²) in [6, 6.07) is 9.07. The van der Waals surface area contributed by atoms with Gasteiger partial charge in [-0.1, -0.05) is 30.3 Å². The summed E-state index contributed by atoms with van der Waals surface area (Å²) in [4.78, 5) is 25.6. The van der Waals surface area contributed by atoms with E-state index in [4.69, 9.17) is 14.2 Å². The molecule has 6 heteroatoms. The van der Waals surface area contributed by atoms with Crippen LogP contribution in [0.3, 0.4) is 0 Å². The summed E-state index contributed by atoms with van der Waals surface area (Å²) in [5.41, 5.74) is 0.922. The van der Waals surface area contributed by atoms with Crippen molar-refractivity contribution in [3.05, 3.63) is 35.9 Å². The van der Waals surface area contributed by atoms with Crippen molar-refractivity contribution in [1.29, 1.82) is 0 Å². The summed E-state index contributed by atoms with van der Waals surface area (Å²) in [6.45, 7) is 3.15. The molecule has 124 valence electrons. The minimum atomic E-state index is -0.850. The van der Waals surface area contributed by atoms with Crippen LogP contribution in [0.4, 0.5) is 4.79 Å². The molecular weight excluding hydrogens is 298 g/mol. The Morgan fingerprint density at radius 2 is 1.96 bits per heavy atom. The van der Waals surface area contributed by atoms with Crippen molar-refractivity contribution in [2.45, 2.75) is 38.2 Å². The number of ether oxygens (including phenoxy) is 3. The van der Waals surface area contributed by atoms with Crippen LogP contribution in [0.5, 0.6) is 0 Å². The predicted octanol–water partition coefficient (Wildman–Crippen LogP) is 2.12. The van der Waals surface area contributed by atoms with Crippen LogP contribution in [0, 0.1) is 0 Å². The summed E-state index contributed by atoms with van der Waals surface area (Å²) >= 11 is 0. The Balaban J connectivity index is 1.67. The molecular formula is C17H21NO5. The Kier molecular flexibility index (Phi) is 4.63. The van der Waals surface area contributed by atoms with Gasteiger partial charge in [0, 0.05) is 19.4 Å². The molecule has 0 bridgehead atoms. The van der Waals surface area contributed by atoms with Gasteiger partial charge in [-0.05, 0) is 12.5 Å². The first kappa shape index (κ1) is 16.0.